The maximum Gasteiger partial charge on any atom is 0.221 e. The van der Waals surface area contributed by atoms with Crippen LogP contribution in [-0.4, -0.2) is 39.3 Å². The van der Waals surface area contributed by atoms with Crippen molar-refractivity contribution in [1.29, 1.82) is 0 Å². The maximum absolute atomic E-state index is 11.9. The van der Waals surface area contributed by atoms with E-state index in [1.54, 1.807) is 0 Å². The van der Waals surface area contributed by atoms with Gasteiger partial charge in [0.05, 0.1) is 0 Å². The molecule has 1 aliphatic rings. The van der Waals surface area contributed by atoms with E-state index in [1.807, 2.05) is 13.1 Å². The first-order chi connectivity index (χ1) is 10.2. The Morgan fingerprint density at radius 2 is 2.09 bits per heavy atom. The zero-order valence-electron chi connectivity index (χ0n) is 12.9. The predicted molar refractivity (Wildman–Crippen MR) is 94.7 cm³/mol. The molecule has 6 heteroatoms. The molecule has 0 aliphatic carbocycles. The second-order valence-electron chi connectivity index (χ2n) is 5.53. The van der Waals surface area contributed by atoms with Crippen molar-refractivity contribution in [2.75, 3.05) is 33.4 Å². The van der Waals surface area contributed by atoms with Crippen molar-refractivity contribution in [3.8, 4) is 0 Å². The number of nitrogens with one attached hydrogen (secondary N) is 2. The molecule has 1 amide bonds. The quantitative estimate of drug-likeness (QED) is 0.784. The second kappa shape index (κ2) is 9.50. The molecule has 2 N–H and O–H groups in total. The highest BCUT2D eigenvalue weighted by Crippen LogP contribution is 2.35. The van der Waals surface area contributed by atoms with Crippen LogP contribution in [0, 0.1) is 0 Å². The minimum Gasteiger partial charge on any atom is -0.381 e. The molecular weight excluding hydrogens is 368 g/mol. The Morgan fingerprint density at radius 1 is 1.36 bits per heavy atom. The van der Waals surface area contributed by atoms with Crippen LogP contribution in [0.3, 0.4) is 0 Å². The fourth-order valence-electron chi connectivity index (χ4n) is 2.74. The van der Waals surface area contributed by atoms with E-state index in [0.717, 1.165) is 30.5 Å². The van der Waals surface area contributed by atoms with Crippen LogP contribution >= 0.6 is 28.3 Å². The van der Waals surface area contributed by atoms with Crippen molar-refractivity contribution in [1.82, 2.24) is 10.6 Å². The van der Waals surface area contributed by atoms with Gasteiger partial charge in [0.2, 0.25) is 5.91 Å². The highest BCUT2D eigenvalue weighted by atomic mass is 79.9. The summed E-state index contributed by atoms with van der Waals surface area (Å²) in [7, 11) is 1.86. The van der Waals surface area contributed by atoms with E-state index in [4.69, 9.17) is 4.74 Å². The third-order valence-corrected chi connectivity index (χ3v) is 4.61. The summed E-state index contributed by atoms with van der Waals surface area (Å²) in [6.07, 6.45) is 2.40. The molecule has 0 radical (unpaired) electrons. The molecule has 1 aromatic rings. The Kier molecular flexibility index (Phi) is 8.39. The summed E-state index contributed by atoms with van der Waals surface area (Å²) in [6.45, 7) is 2.88. The summed E-state index contributed by atoms with van der Waals surface area (Å²) in [5, 5.41) is 6.09. The van der Waals surface area contributed by atoms with Crippen LogP contribution in [0.4, 0.5) is 0 Å². The van der Waals surface area contributed by atoms with Crippen LogP contribution in [0.1, 0.15) is 24.8 Å². The average molecular weight is 392 g/mol. The average Bonchev–Trinajstić information content (AvgIpc) is 2.52. The summed E-state index contributed by atoms with van der Waals surface area (Å²) in [6, 6.07) is 8.39. The maximum atomic E-state index is 11.9. The van der Waals surface area contributed by atoms with Crippen molar-refractivity contribution in [3.63, 3.8) is 0 Å². The Labute approximate surface area is 146 Å². The zero-order chi connectivity index (χ0) is 15.1. The molecule has 4 nitrogen and oxygen atoms in total. The summed E-state index contributed by atoms with van der Waals surface area (Å²) in [5.41, 5.74) is 1.26. The molecule has 0 saturated carbocycles. The highest BCUT2D eigenvalue weighted by Gasteiger charge is 2.34. The monoisotopic (exact) mass is 390 g/mol. The first-order valence-corrected chi connectivity index (χ1v) is 8.21. The summed E-state index contributed by atoms with van der Waals surface area (Å²) < 4.78 is 6.59. The predicted octanol–water partition coefficient (Wildman–Crippen LogP) is 2.64. The SMILES string of the molecule is CNCCC(=O)NCC1(c2cccc(Br)c2)CCOCC1.Cl. The largest absolute Gasteiger partial charge is 0.381 e. The zero-order valence-corrected chi connectivity index (χ0v) is 15.3. The third-order valence-electron chi connectivity index (χ3n) is 4.11. The number of benzene rings is 1. The first-order valence-electron chi connectivity index (χ1n) is 7.41. The van der Waals surface area contributed by atoms with Gasteiger partial charge in [0.15, 0.2) is 0 Å². The van der Waals surface area contributed by atoms with Crippen LogP contribution in [0.5, 0.6) is 0 Å². The highest BCUT2D eigenvalue weighted by molar-refractivity contribution is 9.10. The number of amides is 1. The van der Waals surface area contributed by atoms with Gasteiger partial charge in [-0.05, 0) is 37.6 Å². The summed E-state index contributed by atoms with van der Waals surface area (Å²) >= 11 is 3.54. The van der Waals surface area contributed by atoms with E-state index >= 15 is 0 Å². The van der Waals surface area contributed by atoms with Crippen molar-refractivity contribution in [2.24, 2.45) is 0 Å². The smallest absolute Gasteiger partial charge is 0.221 e. The molecule has 2 rings (SSSR count). The number of carbonyl (C=O) groups is 1. The number of ether oxygens (including phenoxy) is 1. The molecule has 0 unspecified atom stereocenters. The van der Waals surface area contributed by atoms with E-state index in [-0.39, 0.29) is 23.7 Å². The lowest BCUT2D eigenvalue weighted by atomic mass is 9.74. The molecule has 0 bridgehead atoms. The first kappa shape index (κ1) is 19.4. The molecule has 0 atom stereocenters. The number of rotatable bonds is 6. The van der Waals surface area contributed by atoms with Crippen molar-refractivity contribution >= 4 is 34.2 Å². The number of carbonyl (C=O) groups excluding carboxylic acids is 1. The molecule has 124 valence electrons. The minimum atomic E-state index is -0.0165. The molecule has 1 heterocycles. The van der Waals surface area contributed by atoms with Gasteiger partial charge >= 0.3 is 0 Å². The fraction of sp³-hybridized carbons (Fsp3) is 0.562. The lowest BCUT2D eigenvalue weighted by Gasteiger charge is -2.38. The van der Waals surface area contributed by atoms with Gasteiger partial charge in [-0.15, -0.1) is 12.4 Å². The van der Waals surface area contributed by atoms with Gasteiger partial charge in [0.1, 0.15) is 0 Å². The normalized spacial score (nSPS) is 16.6. The second-order valence-corrected chi connectivity index (χ2v) is 6.45. The van der Waals surface area contributed by atoms with Gasteiger partial charge < -0.3 is 15.4 Å². The summed E-state index contributed by atoms with van der Waals surface area (Å²) in [4.78, 5) is 11.9. The molecular formula is C16H24BrClN2O2. The van der Waals surface area contributed by atoms with Gasteiger partial charge in [-0.2, -0.15) is 0 Å². The Morgan fingerprint density at radius 3 is 2.73 bits per heavy atom. The van der Waals surface area contributed by atoms with E-state index in [2.05, 4.69) is 44.8 Å². The summed E-state index contributed by atoms with van der Waals surface area (Å²) in [5.74, 6) is 0.102. The van der Waals surface area contributed by atoms with Crippen LogP contribution in [0.25, 0.3) is 0 Å². The molecule has 1 saturated heterocycles. The van der Waals surface area contributed by atoms with Crippen LogP contribution in [-0.2, 0) is 14.9 Å². The topological polar surface area (TPSA) is 50.4 Å². The van der Waals surface area contributed by atoms with E-state index in [0.29, 0.717) is 19.5 Å². The Hall–Kier alpha value is -0.620. The van der Waals surface area contributed by atoms with Crippen molar-refractivity contribution in [2.45, 2.75) is 24.7 Å². The van der Waals surface area contributed by atoms with E-state index < -0.39 is 0 Å². The minimum absolute atomic E-state index is 0. The van der Waals surface area contributed by atoms with Gasteiger partial charge in [0.25, 0.3) is 0 Å². The molecule has 22 heavy (non-hydrogen) atoms. The van der Waals surface area contributed by atoms with Crippen LogP contribution < -0.4 is 10.6 Å². The fourth-order valence-corrected chi connectivity index (χ4v) is 3.14. The molecule has 0 spiro atoms. The van der Waals surface area contributed by atoms with Crippen LogP contribution in [0.15, 0.2) is 28.7 Å². The van der Waals surface area contributed by atoms with Crippen molar-refractivity contribution in [3.05, 3.63) is 34.3 Å². The van der Waals surface area contributed by atoms with Crippen molar-refractivity contribution < 1.29 is 9.53 Å². The number of hydrogen-bond acceptors (Lipinski definition) is 3. The van der Waals surface area contributed by atoms with Crippen LogP contribution in [0.2, 0.25) is 0 Å². The van der Waals surface area contributed by atoms with Gasteiger partial charge in [-0.1, -0.05) is 28.1 Å². The third kappa shape index (κ3) is 5.23. The van der Waals surface area contributed by atoms with Gasteiger partial charge in [-0.3, -0.25) is 4.79 Å². The standard InChI is InChI=1S/C16H23BrN2O2.ClH/c1-18-8-5-15(20)19-12-16(6-9-21-10-7-16)13-3-2-4-14(17)11-13;/h2-4,11,18H,5-10,12H2,1H3,(H,19,20);1H. The molecule has 1 fully saturated rings. The Bertz CT molecular complexity index is 479. The Balaban J connectivity index is 0.00000242. The van der Waals surface area contributed by atoms with E-state index in [9.17, 15) is 4.79 Å². The lowest BCUT2D eigenvalue weighted by Crippen LogP contribution is -2.45. The number of halogens is 2. The molecule has 1 aliphatic heterocycles. The number of hydrogen-bond donors (Lipinski definition) is 2. The molecule has 1 aromatic carbocycles. The van der Waals surface area contributed by atoms with Gasteiger partial charge in [-0.25, -0.2) is 0 Å². The molecule has 0 aromatic heterocycles. The lowest BCUT2D eigenvalue weighted by molar-refractivity contribution is -0.121. The van der Waals surface area contributed by atoms with E-state index in [1.165, 1.54) is 5.56 Å². The van der Waals surface area contributed by atoms with Gasteiger partial charge in [0, 0.05) is 42.6 Å².